The first-order valence-electron chi connectivity index (χ1n) is 10.4. The minimum atomic E-state index is -0.622. The molecule has 1 aromatic heterocycles. The first-order valence-corrected chi connectivity index (χ1v) is 10.4. The van der Waals surface area contributed by atoms with Crippen molar-refractivity contribution in [2.24, 2.45) is 11.7 Å². The van der Waals surface area contributed by atoms with Gasteiger partial charge >= 0.3 is 5.97 Å². The normalized spacial score (nSPS) is 12.4. The average molecular weight is 447 g/mol. The van der Waals surface area contributed by atoms with Crippen LogP contribution in [0.1, 0.15) is 28.4 Å². The first-order chi connectivity index (χ1) is 15.8. The average Bonchev–Trinajstić information content (AvgIpc) is 2.82. The van der Waals surface area contributed by atoms with Gasteiger partial charge in [0.25, 0.3) is 5.91 Å². The number of rotatable bonds is 8. The van der Waals surface area contributed by atoms with Gasteiger partial charge in [0.2, 0.25) is 0 Å². The van der Waals surface area contributed by atoms with Gasteiger partial charge in [-0.1, -0.05) is 30.3 Å². The summed E-state index contributed by atoms with van der Waals surface area (Å²) < 4.78 is 5.67. The van der Waals surface area contributed by atoms with Crippen molar-refractivity contribution in [3.8, 4) is 11.1 Å². The zero-order valence-electron chi connectivity index (χ0n) is 18.4. The molecule has 1 amide bonds. The van der Waals surface area contributed by atoms with Gasteiger partial charge in [0.1, 0.15) is 5.84 Å². The minimum Gasteiger partial charge on any atom is -0.619 e. The molecule has 33 heavy (non-hydrogen) atoms. The van der Waals surface area contributed by atoms with E-state index in [0.717, 1.165) is 16.7 Å². The Morgan fingerprint density at radius 1 is 1.06 bits per heavy atom. The van der Waals surface area contributed by atoms with Gasteiger partial charge in [-0.2, -0.15) is 4.73 Å². The number of ether oxygens (including phenoxy) is 1. The molecule has 0 saturated carbocycles. The van der Waals surface area contributed by atoms with Gasteiger partial charge in [-0.3, -0.25) is 15.0 Å². The van der Waals surface area contributed by atoms with Crippen LogP contribution in [0.25, 0.3) is 11.1 Å². The quantitative estimate of drug-likeness (QED) is 0.161. The van der Waals surface area contributed by atoms with Crippen LogP contribution in [-0.2, 0) is 16.0 Å². The molecule has 170 valence electrons. The highest BCUT2D eigenvalue weighted by atomic mass is 16.5. The number of nitrogen functional groups attached to an aromatic ring is 1. The van der Waals surface area contributed by atoms with E-state index in [1.165, 1.54) is 19.5 Å². The lowest BCUT2D eigenvalue weighted by Crippen LogP contribution is -2.42. The number of esters is 1. The highest BCUT2D eigenvalue weighted by Crippen LogP contribution is 2.20. The Hall–Kier alpha value is -4.20. The van der Waals surface area contributed by atoms with Gasteiger partial charge in [0, 0.05) is 29.3 Å². The molecule has 4 N–H and O–H groups in total. The third-order valence-corrected chi connectivity index (χ3v) is 5.44. The molecule has 3 aromatic rings. The third kappa shape index (κ3) is 5.94. The molecule has 0 saturated heterocycles. The van der Waals surface area contributed by atoms with Gasteiger partial charge in [0.15, 0.2) is 12.4 Å². The Balaban J connectivity index is 1.72. The topological polar surface area (TPSA) is 132 Å². The second kappa shape index (κ2) is 10.4. The highest BCUT2D eigenvalue weighted by Gasteiger charge is 2.28. The zero-order chi connectivity index (χ0) is 24.0. The first kappa shape index (κ1) is 23.5. The van der Waals surface area contributed by atoms with Gasteiger partial charge < -0.3 is 21.0 Å². The van der Waals surface area contributed by atoms with E-state index < -0.39 is 17.9 Å². The molecule has 0 bridgehead atoms. The lowest BCUT2D eigenvalue weighted by atomic mass is 9.92. The number of aromatic nitrogens is 1. The van der Waals surface area contributed by atoms with Crippen LogP contribution < -0.4 is 15.8 Å². The van der Waals surface area contributed by atoms with Crippen molar-refractivity contribution in [1.29, 1.82) is 5.41 Å². The maximum atomic E-state index is 12.8. The van der Waals surface area contributed by atoms with E-state index in [1.54, 1.807) is 61.5 Å². The van der Waals surface area contributed by atoms with Crippen LogP contribution >= 0.6 is 0 Å². The van der Waals surface area contributed by atoms with Crippen LogP contribution in [0.15, 0.2) is 73.1 Å². The molecule has 1 heterocycles. The Morgan fingerprint density at radius 3 is 2.30 bits per heavy atom. The van der Waals surface area contributed by atoms with Crippen molar-refractivity contribution in [1.82, 2.24) is 5.32 Å². The summed E-state index contributed by atoms with van der Waals surface area (Å²) in [6.45, 7) is 1.75. The van der Waals surface area contributed by atoms with Crippen molar-refractivity contribution in [3.63, 3.8) is 0 Å². The molecule has 0 spiro atoms. The fourth-order valence-electron chi connectivity index (χ4n) is 3.55. The molecular formula is C25H26N4O4. The van der Waals surface area contributed by atoms with E-state index in [9.17, 15) is 14.8 Å². The van der Waals surface area contributed by atoms with Gasteiger partial charge in [-0.15, -0.1) is 0 Å². The number of hydrogen-bond acceptors (Lipinski definition) is 5. The summed E-state index contributed by atoms with van der Waals surface area (Å²) in [7, 11) is 1.31. The molecular weight excluding hydrogens is 420 g/mol. The van der Waals surface area contributed by atoms with E-state index in [1.807, 2.05) is 6.07 Å². The molecule has 3 rings (SSSR count). The van der Waals surface area contributed by atoms with Gasteiger partial charge in [-0.05, 0) is 48.2 Å². The Kier molecular flexibility index (Phi) is 7.40. The predicted molar refractivity (Wildman–Crippen MR) is 124 cm³/mol. The van der Waals surface area contributed by atoms with E-state index >= 15 is 0 Å². The number of benzene rings is 2. The minimum absolute atomic E-state index is 0.0565. The standard InChI is InChI=1S/C25H26N4O4/c1-16(22(25(31)33-2)15-17-4-3-5-21(14-17)23(26)27)28-24(30)20-8-6-18(7-9-20)19-10-12-29(32)13-11-19/h3-14,16,22H,15H2,1-2H3,(H3,26,27)(H,28,30)/t16-,22-/m1/s1. The number of amidine groups is 1. The van der Waals surface area contributed by atoms with Crippen LogP contribution in [0.3, 0.4) is 0 Å². The predicted octanol–water partition coefficient (Wildman–Crippen LogP) is 2.42. The Bertz CT molecular complexity index is 1140. The molecule has 0 aliphatic heterocycles. The lowest BCUT2D eigenvalue weighted by molar-refractivity contribution is -0.605. The summed E-state index contributed by atoms with van der Waals surface area (Å²) in [5, 5.41) is 21.7. The largest absolute Gasteiger partial charge is 0.619 e. The second-order valence-corrected chi connectivity index (χ2v) is 7.73. The molecule has 0 fully saturated rings. The smallest absolute Gasteiger partial charge is 0.311 e. The number of carbonyl (C=O) groups excluding carboxylic acids is 2. The number of amides is 1. The molecule has 0 unspecified atom stereocenters. The van der Waals surface area contributed by atoms with Crippen LogP contribution in [0.2, 0.25) is 0 Å². The Labute approximate surface area is 192 Å². The van der Waals surface area contributed by atoms with Crippen molar-refractivity contribution < 1.29 is 19.1 Å². The molecule has 2 atom stereocenters. The van der Waals surface area contributed by atoms with Gasteiger partial charge in [-0.25, -0.2) is 0 Å². The number of nitrogens with zero attached hydrogens (tertiary/aromatic N) is 1. The molecule has 0 aliphatic carbocycles. The lowest BCUT2D eigenvalue weighted by Gasteiger charge is -2.23. The molecule has 0 aliphatic rings. The number of carbonyl (C=O) groups is 2. The van der Waals surface area contributed by atoms with E-state index in [2.05, 4.69) is 5.32 Å². The monoisotopic (exact) mass is 446 g/mol. The summed E-state index contributed by atoms with van der Waals surface area (Å²) >= 11 is 0. The van der Waals surface area contributed by atoms with Crippen LogP contribution in [0, 0.1) is 16.5 Å². The van der Waals surface area contributed by atoms with Crippen molar-refractivity contribution in [3.05, 3.63) is 95.0 Å². The molecule has 0 radical (unpaired) electrons. The summed E-state index contributed by atoms with van der Waals surface area (Å²) in [4.78, 5) is 25.3. The van der Waals surface area contributed by atoms with Crippen molar-refractivity contribution in [2.75, 3.05) is 7.11 Å². The molecule has 2 aromatic carbocycles. The van der Waals surface area contributed by atoms with Gasteiger partial charge in [0.05, 0.1) is 13.0 Å². The Morgan fingerprint density at radius 2 is 1.70 bits per heavy atom. The number of nitrogens with two attached hydrogens (primary N) is 1. The molecule has 8 heteroatoms. The van der Waals surface area contributed by atoms with E-state index in [4.69, 9.17) is 15.9 Å². The number of pyridine rings is 1. The fraction of sp³-hybridized carbons (Fsp3) is 0.200. The zero-order valence-corrected chi connectivity index (χ0v) is 18.4. The van der Waals surface area contributed by atoms with Crippen molar-refractivity contribution in [2.45, 2.75) is 19.4 Å². The SMILES string of the molecule is COC(=O)[C@H](Cc1cccc(C(=N)N)c1)[C@@H](C)NC(=O)c1ccc(-c2cc[n+]([O-])cc2)cc1. The number of hydrogen-bond donors (Lipinski definition) is 3. The summed E-state index contributed by atoms with van der Waals surface area (Å²) in [5.74, 6) is -1.43. The maximum absolute atomic E-state index is 12.8. The highest BCUT2D eigenvalue weighted by molar-refractivity contribution is 5.95. The van der Waals surface area contributed by atoms with E-state index in [0.29, 0.717) is 22.3 Å². The van der Waals surface area contributed by atoms with Crippen LogP contribution in [0.5, 0.6) is 0 Å². The summed E-state index contributed by atoms with van der Waals surface area (Å²) in [6, 6.07) is 17.0. The number of methoxy groups -OCH3 is 1. The summed E-state index contributed by atoms with van der Waals surface area (Å²) in [6.07, 6.45) is 3.15. The second-order valence-electron chi connectivity index (χ2n) is 7.73. The van der Waals surface area contributed by atoms with Crippen molar-refractivity contribution >= 4 is 17.7 Å². The van der Waals surface area contributed by atoms with Crippen LogP contribution in [0.4, 0.5) is 0 Å². The summed E-state index contributed by atoms with van der Waals surface area (Å²) in [5.41, 5.74) is 9.12. The maximum Gasteiger partial charge on any atom is 0.311 e. The molecule has 8 nitrogen and oxygen atoms in total. The third-order valence-electron chi connectivity index (χ3n) is 5.44. The van der Waals surface area contributed by atoms with E-state index in [-0.39, 0.29) is 11.7 Å². The van der Waals surface area contributed by atoms with Crippen LogP contribution in [-0.4, -0.2) is 30.9 Å². The fourth-order valence-corrected chi connectivity index (χ4v) is 3.55. The number of nitrogens with one attached hydrogen (secondary N) is 2.